The number of nitrogens with two attached hydrogens (primary N) is 1. The van der Waals surface area contributed by atoms with Crippen LogP contribution in [0.1, 0.15) is 23.3 Å². The molecule has 2 aliphatic rings. The molecule has 3 heterocycles. The van der Waals surface area contributed by atoms with E-state index in [0.29, 0.717) is 12.5 Å². The summed E-state index contributed by atoms with van der Waals surface area (Å²) < 4.78 is 0. The van der Waals surface area contributed by atoms with E-state index in [2.05, 4.69) is 16.3 Å². The molecule has 5 heteroatoms. The highest BCUT2D eigenvalue weighted by molar-refractivity contribution is 7.10. The minimum Gasteiger partial charge on any atom is -0.337 e. The fourth-order valence-electron chi connectivity index (χ4n) is 3.13. The van der Waals surface area contributed by atoms with Crippen LogP contribution in [0.5, 0.6) is 0 Å². The van der Waals surface area contributed by atoms with E-state index in [0.717, 1.165) is 52.0 Å². The zero-order valence-corrected chi connectivity index (χ0v) is 12.7. The predicted molar refractivity (Wildman–Crippen MR) is 81.7 cm³/mol. The van der Waals surface area contributed by atoms with Crippen LogP contribution in [-0.2, 0) is 17.8 Å². The fraction of sp³-hybridized carbons (Fsp3) is 0.667. The van der Waals surface area contributed by atoms with E-state index in [9.17, 15) is 4.79 Å². The van der Waals surface area contributed by atoms with E-state index in [4.69, 9.17) is 5.73 Å². The molecule has 0 atom stereocenters. The lowest BCUT2D eigenvalue weighted by molar-refractivity contribution is -0.133. The number of hydrogen-bond acceptors (Lipinski definition) is 4. The molecule has 1 aromatic heterocycles. The van der Waals surface area contributed by atoms with Crippen LogP contribution in [0.2, 0.25) is 0 Å². The van der Waals surface area contributed by atoms with Crippen molar-refractivity contribution >= 4 is 17.2 Å². The molecule has 0 radical (unpaired) electrons. The summed E-state index contributed by atoms with van der Waals surface area (Å²) in [5, 5.41) is 2.14. The van der Waals surface area contributed by atoms with Crippen LogP contribution in [0.4, 0.5) is 0 Å². The number of nitrogens with zero attached hydrogens (tertiary/aromatic N) is 2. The summed E-state index contributed by atoms with van der Waals surface area (Å²) in [4.78, 5) is 18.2. The molecule has 1 aromatic rings. The van der Waals surface area contributed by atoms with Gasteiger partial charge in [-0.25, -0.2) is 0 Å². The number of hydrogen-bond donors (Lipinski definition) is 1. The Morgan fingerprint density at radius 2 is 2.15 bits per heavy atom. The molecule has 0 aromatic carbocycles. The second kappa shape index (κ2) is 6.24. The number of carbonyl (C=O) groups excluding carboxylic acids is 1. The maximum atomic E-state index is 12.4. The number of rotatable bonds is 3. The van der Waals surface area contributed by atoms with Gasteiger partial charge in [-0.2, -0.15) is 0 Å². The van der Waals surface area contributed by atoms with E-state index in [1.54, 1.807) is 0 Å². The van der Waals surface area contributed by atoms with Crippen molar-refractivity contribution < 1.29 is 4.79 Å². The van der Waals surface area contributed by atoms with E-state index < -0.39 is 0 Å². The van der Waals surface area contributed by atoms with Crippen LogP contribution in [0, 0.1) is 5.92 Å². The Balaban J connectivity index is 1.51. The van der Waals surface area contributed by atoms with Gasteiger partial charge in [0.1, 0.15) is 0 Å². The molecule has 0 unspecified atom stereocenters. The Morgan fingerprint density at radius 3 is 2.90 bits per heavy atom. The van der Waals surface area contributed by atoms with Crippen molar-refractivity contribution in [2.75, 3.05) is 32.7 Å². The van der Waals surface area contributed by atoms with Crippen LogP contribution in [0.3, 0.4) is 0 Å². The average molecular weight is 293 g/mol. The molecule has 0 saturated carbocycles. The second-order valence-electron chi connectivity index (χ2n) is 5.89. The van der Waals surface area contributed by atoms with Gasteiger partial charge in [0.25, 0.3) is 0 Å². The molecular formula is C15H23N3OS. The molecule has 0 bridgehead atoms. The van der Waals surface area contributed by atoms with Gasteiger partial charge in [-0.3, -0.25) is 9.69 Å². The minimum absolute atomic E-state index is 0.285. The Bertz CT molecular complexity index is 465. The van der Waals surface area contributed by atoms with E-state index in [-0.39, 0.29) is 5.91 Å². The Kier molecular flexibility index (Phi) is 4.38. The predicted octanol–water partition coefficient (Wildman–Crippen LogP) is 1.30. The number of carbonyl (C=O) groups is 1. The average Bonchev–Trinajstić information content (AvgIpc) is 2.95. The van der Waals surface area contributed by atoms with Gasteiger partial charge >= 0.3 is 0 Å². The third-order valence-corrected chi connectivity index (χ3v) is 5.58. The van der Waals surface area contributed by atoms with Crippen LogP contribution in [0.25, 0.3) is 0 Å². The third kappa shape index (κ3) is 3.05. The molecule has 110 valence electrons. The van der Waals surface area contributed by atoms with Crippen molar-refractivity contribution in [2.45, 2.75) is 25.8 Å². The monoisotopic (exact) mass is 293 g/mol. The van der Waals surface area contributed by atoms with Crippen molar-refractivity contribution in [3.8, 4) is 0 Å². The number of amides is 1. The van der Waals surface area contributed by atoms with Crippen LogP contribution < -0.4 is 5.73 Å². The maximum Gasteiger partial charge on any atom is 0.237 e. The minimum atomic E-state index is 0.285. The van der Waals surface area contributed by atoms with Crippen molar-refractivity contribution in [3.05, 3.63) is 21.9 Å². The molecule has 1 amide bonds. The first-order valence-corrected chi connectivity index (χ1v) is 8.39. The Morgan fingerprint density at radius 1 is 1.35 bits per heavy atom. The first kappa shape index (κ1) is 14.0. The highest BCUT2D eigenvalue weighted by atomic mass is 32.1. The SMILES string of the molecule is NCC1CCN(CC(=O)N2CCc3sccc3C2)CC1. The van der Waals surface area contributed by atoms with Gasteiger partial charge in [-0.1, -0.05) is 0 Å². The molecule has 0 aliphatic carbocycles. The quantitative estimate of drug-likeness (QED) is 0.914. The van der Waals surface area contributed by atoms with Gasteiger partial charge in [0.15, 0.2) is 0 Å². The summed E-state index contributed by atoms with van der Waals surface area (Å²) in [5.41, 5.74) is 7.05. The molecule has 2 aliphatic heterocycles. The van der Waals surface area contributed by atoms with E-state index >= 15 is 0 Å². The van der Waals surface area contributed by atoms with Crippen molar-refractivity contribution in [1.82, 2.24) is 9.80 Å². The molecule has 0 spiro atoms. The summed E-state index contributed by atoms with van der Waals surface area (Å²) in [5.74, 6) is 0.942. The maximum absolute atomic E-state index is 12.4. The second-order valence-corrected chi connectivity index (χ2v) is 6.89. The van der Waals surface area contributed by atoms with Gasteiger partial charge in [0.2, 0.25) is 5.91 Å². The highest BCUT2D eigenvalue weighted by Gasteiger charge is 2.25. The lowest BCUT2D eigenvalue weighted by Gasteiger charge is -2.33. The highest BCUT2D eigenvalue weighted by Crippen LogP contribution is 2.24. The first-order chi connectivity index (χ1) is 9.76. The Labute approximate surface area is 124 Å². The van der Waals surface area contributed by atoms with Crippen LogP contribution in [-0.4, -0.2) is 48.4 Å². The third-order valence-electron chi connectivity index (χ3n) is 4.56. The van der Waals surface area contributed by atoms with Crippen molar-refractivity contribution in [3.63, 3.8) is 0 Å². The molecular weight excluding hydrogens is 270 g/mol. The van der Waals surface area contributed by atoms with Crippen molar-refractivity contribution in [2.24, 2.45) is 11.7 Å². The van der Waals surface area contributed by atoms with E-state index in [1.807, 2.05) is 16.2 Å². The van der Waals surface area contributed by atoms with Crippen LogP contribution in [0.15, 0.2) is 11.4 Å². The normalized spacial score (nSPS) is 20.9. The van der Waals surface area contributed by atoms with Gasteiger partial charge < -0.3 is 10.6 Å². The van der Waals surface area contributed by atoms with Gasteiger partial charge in [-0.05, 0) is 61.8 Å². The topological polar surface area (TPSA) is 49.6 Å². The smallest absolute Gasteiger partial charge is 0.237 e. The summed E-state index contributed by atoms with van der Waals surface area (Å²) in [6.45, 7) is 5.09. The summed E-state index contributed by atoms with van der Waals surface area (Å²) in [6, 6.07) is 2.16. The Hall–Kier alpha value is -0.910. The lowest BCUT2D eigenvalue weighted by Crippen LogP contribution is -2.45. The van der Waals surface area contributed by atoms with Gasteiger partial charge in [-0.15, -0.1) is 11.3 Å². The summed E-state index contributed by atoms with van der Waals surface area (Å²) >= 11 is 1.82. The zero-order valence-electron chi connectivity index (χ0n) is 11.9. The summed E-state index contributed by atoms with van der Waals surface area (Å²) in [7, 11) is 0. The molecule has 2 N–H and O–H groups in total. The van der Waals surface area contributed by atoms with E-state index in [1.165, 1.54) is 10.4 Å². The van der Waals surface area contributed by atoms with Gasteiger partial charge in [0.05, 0.1) is 6.54 Å². The molecule has 1 saturated heterocycles. The molecule has 20 heavy (non-hydrogen) atoms. The largest absolute Gasteiger partial charge is 0.337 e. The van der Waals surface area contributed by atoms with Crippen LogP contribution >= 0.6 is 11.3 Å². The molecule has 3 rings (SSSR count). The number of piperidine rings is 1. The molecule has 1 fully saturated rings. The molecule has 4 nitrogen and oxygen atoms in total. The number of thiophene rings is 1. The zero-order chi connectivity index (χ0) is 13.9. The fourth-order valence-corrected chi connectivity index (χ4v) is 4.02. The van der Waals surface area contributed by atoms with Gasteiger partial charge in [0, 0.05) is 18.0 Å². The summed E-state index contributed by atoms with van der Waals surface area (Å²) in [6.07, 6.45) is 3.30. The number of fused-ring (bicyclic) bond motifs is 1. The number of likely N-dealkylation sites (tertiary alicyclic amines) is 1. The first-order valence-electron chi connectivity index (χ1n) is 7.51. The van der Waals surface area contributed by atoms with Crippen molar-refractivity contribution in [1.29, 1.82) is 0 Å². The standard InChI is InChI=1S/C15H23N3OS/c16-9-12-1-5-17(6-2-12)11-15(19)18-7-3-14-13(10-18)4-8-20-14/h4,8,12H,1-3,5-7,9-11,16H2. The lowest BCUT2D eigenvalue weighted by atomic mass is 9.97.